The summed E-state index contributed by atoms with van der Waals surface area (Å²) in [4.78, 5) is 13.6. The number of nitrogens with one attached hydrogen (secondary N) is 1. The van der Waals surface area contributed by atoms with Crippen LogP contribution in [0.1, 0.15) is 42.1 Å². The van der Waals surface area contributed by atoms with Gasteiger partial charge < -0.3 is 15.3 Å². The number of carboxylic acids is 1. The van der Waals surface area contributed by atoms with Crippen LogP contribution in [0, 0.1) is 6.92 Å². The van der Waals surface area contributed by atoms with E-state index in [1.165, 1.54) is 13.0 Å². The van der Waals surface area contributed by atoms with Crippen LogP contribution in [-0.2, 0) is 0 Å². The molecule has 0 aliphatic carbocycles. The smallest absolute Gasteiger partial charge is 0.336 e. The Labute approximate surface area is 120 Å². The quantitative estimate of drug-likeness (QED) is 0.887. The lowest BCUT2D eigenvalue weighted by Crippen LogP contribution is -2.26. The topological polar surface area (TPSA) is 52.6 Å². The fraction of sp³-hybridized carbons (Fsp3) is 0.562. The Bertz CT molecular complexity index is 474. The molecule has 0 radical (unpaired) electrons. The van der Waals surface area contributed by atoms with Gasteiger partial charge in [-0.3, -0.25) is 0 Å². The molecule has 0 aromatic heterocycles. The van der Waals surface area contributed by atoms with E-state index in [4.69, 9.17) is 0 Å². The van der Waals surface area contributed by atoms with Crippen molar-refractivity contribution >= 4 is 11.7 Å². The molecule has 1 aromatic carbocycles. The number of benzene rings is 1. The molecule has 1 fully saturated rings. The van der Waals surface area contributed by atoms with Gasteiger partial charge in [0.05, 0.1) is 5.56 Å². The van der Waals surface area contributed by atoms with Gasteiger partial charge in [-0.25, -0.2) is 4.79 Å². The predicted molar refractivity (Wildman–Crippen MR) is 81.5 cm³/mol. The van der Waals surface area contributed by atoms with Gasteiger partial charge in [-0.1, -0.05) is 13.0 Å². The Morgan fingerprint density at radius 3 is 2.90 bits per heavy atom. The van der Waals surface area contributed by atoms with Gasteiger partial charge in [0.2, 0.25) is 0 Å². The van der Waals surface area contributed by atoms with E-state index in [0.29, 0.717) is 11.6 Å². The average molecular weight is 276 g/mol. The van der Waals surface area contributed by atoms with Gasteiger partial charge in [-0.15, -0.1) is 0 Å². The zero-order chi connectivity index (χ0) is 14.5. The van der Waals surface area contributed by atoms with Crippen LogP contribution in [0.3, 0.4) is 0 Å². The fourth-order valence-electron chi connectivity index (χ4n) is 2.86. The zero-order valence-electron chi connectivity index (χ0n) is 12.4. The van der Waals surface area contributed by atoms with Crippen LogP contribution in [0.25, 0.3) is 0 Å². The molecule has 1 aromatic rings. The molecule has 0 saturated carbocycles. The summed E-state index contributed by atoms with van der Waals surface area (Å²) in [7, 11) is 0. The van der Waals surface area contributed by atoms with Gasteiger partial charge in [0.25, 0.3) is 0 Å². The standard InChI is InChI=1S/C16H24N2O2/c1-3-18-10-5-6-13(9-11-18)17-15-8-4-7-14(12(15)2)16(19)20/h4,7-8,13,17H,3,5-6,9-11H2,1-2H3,(H,19,20). The summed E-state index contributed by atoms with van der Waals surface area (Å²) in [5.41, 5.74) is 2.18. The minimum Gasteiger partial charge on any atom is -0.478 e. The van der Waals surface area contributed by atoms with E-state index in [1.54, 1.807) is 6.07 Å². The average Bonchev–Trinajstić information content (AvgIpc) is 2.66. The first-order valence-corrected chi connectivity index (χ1v) is 7.43. The zero-order valence-corrected chi connectivity index (χ0v) is 12.4. The molecule has 0 spiro atoms. The van der Waals surface area contributed by atoms with Crippen LogP contribution in [0.4, 0.5) is 5.69 Å². The molecule has 1 unspecified atom stereocenters. The highest BCUT2D eigenvalue weighted by Crippen LogP contribution is 2.22. The first kappa shape index (κ1) is 14.9. The van der Waals surface area contributed by atoms with Crippen LogP contribution in [-0.4, -0.2) is 41.7 Å². The first-order valence-electron chi connectivity index (χ1n) is 7.43. The molecule has 1 aliphatic rings. The number of carbonyl (C=O) groups is 1. The van der Waals surface area contributed by atoms with Gasteiger partial charge in [0.1, 0.15) is 0 Å². The Morgan fingerprint density at radius 1 is 1.40 bits per heavy atom. The number of likely N-dealkylation sites (tertiary alicyclic amines) is 1. The summed E-state index contributed by atoms with van der Waals surface area (Å²) >= 11 is 0. The number of carboxylic acid groups (broad SMARTS) is 1. The van der Waals surface area contributed by atoms with E-state index in [-0.39, 0.29) is 0 Å². The van der Waals surface area contributed by atoms with Crippen LogP contribution < -0.4 is 5.32 Å². The first-order chi connectivity index (χ1) is 9.61. The molecule has 1 aliphatic heterocycles. The molecular weight excluding hydrogens is 252 g/mol. The number of aromatic carboxylic acids is 1. The van der Waals surface area contributed by atoms with Gasteiger partial charge in [-0.05, 0) is 57.0 Å². The maximum Gasteiger partial charge on any atom is 0.336 e. The third-order valence-corrected chi connectivity index (χ3v) is 4.19. The minimum atomic E-state index is -0.857. The van der Waals surface area contributed by atoms with Crippen molar-refractivity contribution in [3.63, 3.8) is 0 Å². The van der Waals surface area contributed by atoms with Crippen LogP contribution in [0.2, 0.25) is 0 Å². The van der Waals surface area contributed by atoms with Gasteiger partial charge in [0, 0.05) is 18.3 Å². The van der Waals surface area contributed by atoms with Crippen molar-refractivity contribution in [2.24, 2.45) is 0 Å². The molecule has 0 bridgehead atoms. The molecule has 20 heavy (non-hydrogen) atoms. The number of nitrogens with zero attached hydrogens (tertiary/aromatic N) is 1. The number of anilines is 1. The second-order valence-corrected chi connectivity index (χ2v) is 5.49. The number of rotatable bonds is 4. The summed E-state index contributed by atoms with van der Waals surface area (Å²) in [5, 5.41) is 12.7. The van der Waals surface area contributed by atoms with Gasteiger partial charge in [0.15, 0.2) is 0 Å². The van der Waals surface area contributed by atoms with Crippen molar-refractivity contribution in [2.75, 3.05) is 25.0 Å². The molecule has 1 atom stereocenters. The van der Waals surface area contributed by atoms with Crippen LogP contribution in [0.5, 0.6) is 0 Å². The van der Waals surface area contributed by atoms with Crippen molar-refractivity contribution in [3.8, 4) is 0 Å². The summed E-state index contributed by atoms with van der Waals surface area (Å²) in [5.74, 6) is -0.857. The van der Waals surface area contributed by atoms with E-state index in [1.807, 2.05) is 19.1 Å². The second kappa shape index (κ2) is 6.75. The Morgan fingerprint density at radius 2 is 2.20 bits per heavy atom. The normalized spacial score (nSPS) is 20.4. The van der Waals surface area contributed by atoms with Gasteiger partial charge in [-0.2, -0.15) is 0 Å². The molecule has 110 valence electrons. The SMILES string of the molecule is CCN1CCCC(Nc2cccc(C(=O)O)c2C)CC1. The Hall–Kier alpha value is -1.55. The Balaban J connectivity index is 2.06. The van der Waals surface area contributed by atoms with Crippen molar-refractivity contribution < 1.29 is 9.90 Å². The second-order valence-electron chi connectivity index (χ2n) is 5.49. The van der Waals surface area contributed by atoms with Crippen molar-refractivity contribution in [1.82, 2.24) is 4.90 Å². The van der Waals surface area contributed by atoms with E-state index in [9.17, 15) is 9.90 Å². The number of hydrogen-bond acceptors (Lipinski definition) is 3. The third kappa shape index (κ3) is 3.51. The van der Waals surface area contributed by atoms with Crippen molar-refractivity contribution in [3.05, 3.63) is 29.3 Å². The molecule has 0 amide bonds. The van der Waals surface area contributed by atoms with E-state index in [0.717, 1.165) is 37.2 Å². The lowest BCUT2D eigenvalue weighted by molar-refractivity contribution is 0.0696. The number of hydrogen-bond donors (Lipinski definition) is 2. The third-order valence-electron chi connectivity index (χ3n) is 4.19. The summed E-state index contributed by atoms with van der Waals surface area (Å²) in [6.07, 6.45) is 3.46. The van der Waals surface area contributed by atoms with E-state index < -0.39 is 5.97 Å². The minimum absolute atomic E-state index is 0.388. The maximum atomic E-state index is 11.2. The Kier molecular flexibility index (Phi) is 5.01. The molecule has 4 nitrogen and oxygen atoms in total. The summed E-state index contributed by atoms with van der Waals surface area (Å²) < 4.78 is 0. The molecule has 2 N–H and O–H groups in total. The van der Waals surface area contributed by atoms with E-state index >= 15 is 0 Å². The lowest BCUT2D eigenvalue weighted by atomic mass is 10.0. The fourth-order valence-corrected chi connectivity index (χ4v) is 2.86. The highest BCUT2D eigenvalue weighted by atomic mass is 16.4. The largest absolute Gasteiger partial charge is 0.478 e. The molecule has 1 saturated heterocycles. The molecule has 2 rings (SSSR count). The molecular formula is C16H24N2O2. The van der Waals surface area contributed by atoms with E-state index in [2.05, 4.69) is 17.1 Å². The summed E-state index contributed by atoms with van der Waals surface area (Å²) in [6.45, 7) is 7.48. The van der Waals surface area contributed by atoms with Crippen LogP contribution >= 0.6 is 0 Å². The summed E-state index contributed by atoms with van der Waals surface area (Å²) in [6, 6.07) is 5.89. The lowest BCUT2D eigenvalue weighted by Gasteiger charge is -2.20. The molecule has 4 heteroatoms. The predicted octanol–water partition coefficient (Wildman–Crippen LogP) is 2.98. The maximum absolute atomic E-state index is 11.2. The monoisotopic (exact) mass is 276 g/mol. The van der Waals surface area contributed by atoms with Crippen LogP contribution in [0.15, 0.2) is 18.2 Å². The highest BCUT2D eigenvalue weighted by Gasteiger charge is 2.17. The van der Waals surface area contributed by atoms with Crippen molar-refractivity contribution in [2.45, 2.75) is 39.2 Å². The van der Waals surface area contributed by atoms with Gasteiger partial charge >= 0.3 is 5.97 Å². The molecule has 1 heterocycles. The van der Waals surface area contributed by atoms with Crippen molar-refractivity contribution in [1.29, 1.82) is 0 Å². The highest BCUT2D eigenvalue weighted by molar-refractivity contribution is 5.91.